The first-order valence-corrected chi connectivity index (χ1v) is 10.5. The molecule has 1 aromatic rings. The molecule has 1 aromatic carbocycles. The van der Waals surface area contributed by atoms with Gasteiger partial charge in [-0.15, -0.1) is 0 Å². The lowest BCUT2D eigenvalue weighted by Gasteiger charge is -2.34. The smallest absolute Gasteiger partial charge is 0.243 e. The number of hydrogen-bond donors (Lipinski definition) is 2. The summed E-state index contributed by atoms with van der Waals surface area (Å²) in [6.45, 7) is 2.83. The van der Waals surface area contributed by atoms with E-state index in [2.05, 4.69) is 12.2 Å². The molecule has 2 atom stereocenters. The van der Waals surface area contributed by atoms with Crippen LogP contribution in [0.3, 0.4) is 0 Å². The SMILES string of the molecule is CCCCC(CN)NC(=O)C1CCCCN1S(=O)(=O)c1ccccc1. The lowest BCUT2D eigenvalue weighted by molar-refractivity contribution is -0.126. The molecular weight excluding hydrogens is 338 g/mol. The van der Waals surface area contributed by atoms with E-state index in [0.29, 0.717) is 19.5 Å². The first kappa shape index (κ1) is 19.9. The van der Waals surface area contributed by atoms with Gasteiger partial charge >= 0.3 is 0 Å². The molecule has 1 saturated heterocycles. The van der Waals surface area contributed by atoms with Gasteiger partial charge in [-0.25, -0.2) is 8.42 Å². The Hall–Kier alpha value is -1.44. The van der Waals surface area contributed by atoms with Crippen molar-refractivity contribution in [2.45, 2.75) is 62.4 Å². The molecule has 6 nitrogen and oxygen atoms in total. The first-order valence-electron chi connectivity index (χ1n) is 9.08. The Labute approximate surface area is 150 Å². The predicted octanol–water partition coefficient (Wildman–Crippen LogP) is 1.86. The lowest BCUT2D eigenvalue weighted by atomic mass is 10.0. The quantitative estimate of drug-likeness (QED) is 0.733. The Morgan fingerprint density at radius 3 is 2.68 bits per heavy atom. The third kappa shape index (κ3) is 5.03. The third-order valence-electron chi connectivity index (χ3n) is 4.64. The fraction of sp³-hybridized carbons (Fsp3) is 0.611. The molecule has 0 aliphatic carbocycles. The van der Waals surface area contributed by atoms with Gasteiger partial charge in [0.25, 0.3) is 0 Å². The average molecular weight is 368 g/mol. The highest BCUT2D eigenvalue weighted by molar-refractivity contribution is 7.89. The zero-order valence-corrected chi connectivity index (χ0v) is 15.7. The molecule has 0 aromatic heterocycles. The molecule has 25 heavy (non-hydrogen) atoms. The highest BCUT2D eigenvalue weighted by atomic mass is 32.2. The average Bonchev–Trinajstić information content (AvgIpc) is 2.65. The van der Waals surface area contributed by atoms with Crippen molar-refractivity contribution in [1.82, 2.24) is 9.62 Å². The largest absolute Gasteiger partial charge is 0.351 e. The molecular formula is C18H29N3O3S. The highest BCUT2D eigenvalue weighted by Crippen LogP contribution is 2.25. The van der Waals surface area contributed by atoms with E-state index in [0.717, 1.165) is 32.1 Å². The van der Waals surface area contributed by atoms with Crippen LogP contribution < -0.4 is 11.1 Å². The number of hydrogen-bond acceptors (Lipinski definition) is 4. The summed E-state index contributed by atoms with van der Waals surface area (Å²) in [6.07, 6.45) is 5.00. The van der Waals surface area contributed by atoms with Crippen LogP contribution in [0.15, 0.2) is 35.2 Å². The molecule has 1 amide bonds. The van der Waals surface area contributed by atoms with Crippen LogP contribution in [0.2, 0.25) is 0 Å². The molecule has 1 aliphatic heterocycles. The van der Waals surface area contributed by atoms with E-state index in [9.17, 15) is 13.2 Å². The second-order valence-electron chi connectivity index (χ2n) is 6.52. The van der Waals surface area contributed by atoms with Crippen molar-refractivity contribution in [3.8, 4) is 0 Å². The zero-order valence-electron chi connectivity index (χ0n) is 14.9. The van der Waals surface area contributed by atoms with E-state index in [1.54, 1.807) is 30.3 Å². The second kappa shape index (κ2) is 9.31. The van der Waals surface area contributed by atoms with Crippen LogP contribution >= 0.6 is 0 Å². The molecule has 140 valence electrons. The molecule has 2 rings (SSSR count). The molecule has 1 fully saturated rings. The van der Waals surface area contributed by atoms with Gasteiger partial charge in [0.1, 0.15) is 6.04 Å². The van der Waals surface area contributed by atoms with Crippen molar-refractivity contribution >= 4 is 15.9 Å². The molecule has 1 heterocycles. The monoisotopic (exact) mass is 367 g/mol. The summed E-state index contributed by atoms with van der Waals surface area (Å²) in [5.74, 6) is -0.231. The van der Waals surface area contributed by atoms with E-state index >= 15 is 0 Å². The summed E-state index contributed by atoms with van der Waals surface area (Å²) in [7, 11) is -3.67. The standard InChI is InChI=1S/C18H29N3O3S/c1-2-3-9-15(14-19)20-18(22)17-12-7-8-13-21(17)25(23,24)16-10-5-4-6-11-16/h4-6,10-11,15,17H,2-3,7-9,12-14,19H2,1H3,(H,20,22). The normalized spacial score (nSPS) is 20.2. The molecule has 0 spiro atoms. The number of benzene rings is 1. The maximum atomic E-state index is 13.0. The third-order valence-corrected chi connectivity index (χ3v) is 6.57. The van der Waals surface area contributed by atoms with E-state index in [4.69, 9.17) is 5.73 Å². The molecule has 0 radical (unpaired) electrons. The Kier molecular flexibility index (Phi) is 7.40. The number of nitrogens with one attached hydrogen (secondary N) is 1. The Balaban J connectivity index is 2.16. The van der Waals surface area contributed by atoms with E-state index in [1.165, 1.54) is 4.31 Å². The van der Waals surface area contributed by atoms with Gasteiger partial charge in [-0.2, -0.15) is 4.31 Å². The summed E-state index contributed by atoms with van der Waals surface area (Å²) < 4.78 is 27.3. The number of rotatable bonds is 8. The van der Waals surface area contributed by atoms with E-state index in [-0.39, 0.29) is 16.8 Å². The fourth-order valence-electron chi connectivity index (χ4n) is 3.18. The number of nitrogens with two attached hydrogens (primary N) is 1. The van der Waals surface area contributed by atoms with Crippen LogP contribution in [0.25, 0.3) is 0 Å². The summed E-state index contributed by atoms with van der Waals surface area (Å²) in [6, 6.07) is 7.55. The van der Waals surface area contributed by atoms with Crippen molar-refractivity contribution in [1.29, 1.82) is 0 Å². The number of unbranched alkanes of at least 4 members (excludes halogenated alkanes) is 1. The summed E-state index contributed by atoms with van der Waals surface area (Å²) in [4.78, 5) is 13.0. The minimum atomic E-state index is -3.67. The van der Waals surface area contributed by atoms with Gasteiger partial charge in [-0.1, -0.05) is 44.4 Å². The molecule has 0 bridgehead atoms. The lowest BCUT2D eigenvalue weighted by Crippen LogP contribution is -2.54. The summed E-state index contributed by atoms with van der Waals surface area (Å²) in [5, 5.41) is 2.95. The molecule has 3 N–H and O–H groups in total. The Morgan fingerprint density at radius 2 is 2.04 bits per heavy atom. The van der Waals surface area contributed by atoms with Crippen LogP contribution in [0.4, 0.5) is 0 Å². The number of carbonyl (C=O) groups is 1. The van der Waals surface area contributed by atoms with Gasteiger partial charge in [0.05, 0.1) is 4.90 Å². The number of sulfonamides is 1. The Bertz CT molecular complexity index is 649. The topological polar surface area (TPSA) is 92.5 Å². The number of carbonyl (C=O) groups excluding carboxylic acids is 1. The van der Waals surface area contributed by atoms with Crippen molar-refractivity contribution in [2.75, 3.05) is 13.1 Å². The second-order valence-corrected chi connectivity index (χ2v) is 8.41. The van der Waals surface area contributed by atoms with E-state index < -0.39 is 16.1 Å². The minimum absolute atomic E-state index is 0.101. The zero-order chi connectivity index (χ0) is 18.3. The number of nitrogens with zero attached hydrogens (tertiary/aromatic N) is 1. The maximum absolute atomic E-state index is 13.0. The van der Waals surface area contributed by atoms with Crippen LogP contribution in [-0.4, -0.2) is 43.8 Å². The number of amides is 1. The Morgan fingerprint density at radius 1 is 1.32 bits per heavy atom. The predicted molar refractivity (Wildman–Crippen MR) is 98.5 cm³/mol. The first-order chi connectivity index (χ1) is 12.0. The van der Waals surface area contributed by atoms with Gasteiger partial charge in [0.2, 0.25) is 15.9 Å². The fourth-order valence-corrected chi connectivity index (χ4v) is 4.86. The maximum Gasteiger partial charge on any atom is 0.243 e. The summed E-state index contributed by atoms with van der Waals surface area (Å²) in [5.41, 5.74) is 5.76. The molecule has 1 aliphatic rings. The van der Waals surface area contributed by atoms with Crippen molar-refractivity contribution in [3.63, 3.8) is 0 Å². The van der Waals surface area contributed by atoms with Crippen molar-refractivity contribution in [3.05, 3.63) is 30.3 Å². The van der Waals surface area contributed by atoms with Gasteiger partial charge in [0.15, 0.2) is 0 Å². The van der Waals surface area contributed by atoms with Gasteiger partial charge in [-0.05, 0) is 31.4 Å². The molecule has 2 unspecified atom stereocenters. The van der Waals surface area contributed by atoms with Crippen LogP contribution in [0, 0.1) is 0 Å². The molecule has 0 saturated carbocycles. The van der Waals surface area contributed by atoms with Crippen molar-refractivity contribution < 1.29 is 13.2 Å². The van der Waals surface area contributed by atoms with Gasteiger partial charge in [0, 0.05) is 19.1 Å². The molecule has 7 heteroatoms. The highest BCUT2D eigenvalue weighted by Gasteiger charge is 2.37. The van der Waals surface area contributed by atoms with Crippen LogP contribution in [-0.2, 0) is 14.8 Å². The van der Waals surface area contributed by atoms with Gasteiger partial charge in [-0.3, -0.25) is 4.79 Å². The van der Waals surface area contributed by atoms with E-state index in [1.807, 2.05) is 0 Å². The summed E-state index contributed by atoms with van der Waals surface area (Å²) >= 11 is 0. The minimum Gasteiger partial charge on any atom is -0.351 e. The van der Waals surface area contributed by atoms with Crippen LogP contribution in [0.1, 0.15) is 45.4 Å². The van der Waals surface area contributed by atoms with Crippen LogP contribution in [0.5, 0.6) is 0 Å². The van der Waals surface area contributed by atoms with Gasteiger partial charge < -0.3 is 11.1 Å². The number of piperidine rings is 1. The van der Waals surface area contributed by atoms with Crippen molar-refractivity contribution in [2.24, 2.45) is 5.73 Å².